The molecule has 0 aliphatic carbocycles. The Bertz CT molecular complexity index is 610. The van der Waals surface area contributed by atoms with Gasteiger partial charge in [0.25, 0.3) is 0 Å². The van der Waals surface area contributed by atoms with Gasteiger partial charge in [-0.1, -0.05) is 30.3 Å². The Balaban J connectivity index is 2.00. The molecule has 0 aliphatic rings. The molecule has 0 radical (unpaired) electrons. The number of rotatable bonds is 3. The Morgan fingerprint density at radius 1 is 1.15 bits per heavy atom. The topological polar surface area (TPSA) is 67.2 Å². The van der Waals surface area contributed by atoms with Gasteiger partial charge >= 0.3 is 6.03 Å². The average Bonchev–Trinajstić information content (AvgIpc) is 2.38. The van der Waals surface area contributed by atoms with Gasteiger partial charge in [0, 0.05) is 11.4 Å². The molecule has 1 unspecified atom stereocenters. The molecule has 1 atom stereocenters. The van der Waals surface area contributed by atoms with Crippen LogP contribution >= 0.6 is 0 Å². The molecule has 0 fully saturated rings. The van der Waals surface area contributed by atoms with Crippen LogP contribution in [0.4, 0.5) is 16.2 Å². The van der Waals surface area contributed by atoms with E-state index in [2.05, 4.69) is 10.6 Å². The highest BCUT2D eigenvalue weighted by molar-refractivity contribution is 5.89. The Morgan fingerprint density at radius 3 is 2.60 bits per heavy atom. The normalized spacial score (nSPS) is 11.7. The van der Waals surface area contributed by atoms with Crippen LogP contribution in [0, 0.1) is 6.92 Å². The summed E-state index contributed by atoms with van der Waals surface area (Å²) in [6.45, 7) is 3.89. The molecule has 4 nitrogen and oxygen atoms in total. The molecule has 4 N–H and O–H groups in total. The van der Waals surface area contributed by atoms with Crippen molar-refractivity contribution in [1.29, 1.82) is 0 Å². The van der Waals surface area contributed by atoms with Crippen LogP contribution in [-0.2, 0) is 0 Å². The third-order valence-electron chi connectivity index (χ3n) is 3.09. The SMILES string of the molecule is Cc1cccc(NC(=O)NC(C)c2ccccc2N)c1. The second-order valence-corrected chi connectivity index (χ2v) is 4.82. The fourth-order valence-electron chi connectivity index (χ4n) is 2.07. The van der Waals surface area contributed by atoms with E-state index in [1.807, 2.05) is 62.4 Å². The van der Waals surface area contributed by atoms with E-state index in [4.69, 9.17) is 5.73 Å². The minimum atomic E-state index is -0.244. The molecule has 2 aromatic carbocycles. The van der Waals surface area contributed by atoms with Crippen LogP contribution in [0.1, 0.15) is 24.1 Å². The van der Waals surface area contributed by atoms with Gasteiger partial charge in [0.15, 0.2) is 0 Å². The van der Waals surface area contributed by atoms with Gasteiger partial charge in [-0.25, -0.2) is 4.79 Å². The summed E-state index contributed by atoms with van der Waals surface area (Å²) in [5.74, 6) is 0. The van der Waals surface area contributed by atoms with E-state index in [0.29, 0.717) is 5.69 Å². The van der Waals surface area contributed by atoms with Crippen molar-refractivity contribution in [2.45, 2.75) is 19.9 Å². The number of hydrogen-bond acceptors (Lipinski definition) is 2. The number of hydrogen-bond donors (Lipinski definition) is 3. The van der Waals surface area contributed by atoms with Gasteiger partial charge in [0.05, 0.1) is 6.04 Å². The maximum Gasteiger partial charge on any atom is 0.319 e. The van der Waals surface area contributed by atoms with Crippen molar-refractivity contribution in [3.05, 3.63) is 59.7 Å². The highest BCUT2D eigenvalue weighted by atomic mass is 16.2. The minimum absolute atomic E-state index is 0.152. The van der Waals surface area contributed by atoms with Crippen LogP contribution in [0.15, 0.2) is 48.5 Å². The Hall–Kier alpha value is -2.49. The predicted octanol–water partition coefficient (Wildman–Crippen LogP) is 3.46. The summed E-state index contributed by atoms with van der Waals surface area (Å²) in [5.41, 5.74) is 9.36. The lowest BCUT2D eigenvalue weighted by Crippen LogP contribution is -2.31. The molecular formula is C16H19N3O. The Morgan fingerprint density at radius 2 is 1.90 bits per heavy atom. The number of nitrogens with one attached hydrogen (secondary N) is 2. The number of urea groups is 1. The number of anilines is 2. The maximum atomic E-state index is 12.0. The molecule has 2 rings (SSSR count). The highest BCUT2D eigenvalue weighted by Gasteiger charge is 2.11. The summed E-state index contributed by atoms with van der Waals surface area (Å²) in [7, 11) is 0. The number of nitrogens with two attached hydrogens (primary N) is 1. The molecule has 0 saturated carbocycles. The third kappa shape index (κ3) is 3.51. The summed E-state index contributed by atoms with van der Waals surface area (Å²) in [6, 6.07) is 14.8. The smallest absolute Gasteiger partial charge is 0.319 e. The second-order valence-electron chi connectivity index (χ2n) is 4.82. The van der Waals surface area contributed by atoms with E-state index in [-0.39, 0.29) is 12.1 Å². The lowest BCUT2D eigenvalue weighted by molar-refractivity contribution is 0.249. The van der Waals surface area contributed by atoms with E-state index in [1.165, 1.54) is 0 Å². The number of amides is 2. The van der Waals surface area contributed by atoms with Crippen LogP contribution in [0.5, 0.6) is 0 Å². The summed E-state index contributed by atoms with van der Waals surface area (Å²) < 4.78 is 0. The first-order valence-electron chi connectivity index (χ1n) is 6.55. The van der Waals surface area contributed by atoms with Gasteiger partial charge in [0.2, 0.25) is 0 Å². The fraction of sp³-hybridized carbons (Fsp3) is 0.188. The summed E-state index contributed by atoms with van der Waals surface area (Å²) in [6.07, 6.45) is 0. The van der Waals surface area contributed by atoms with Crippen molar-refractivity contribution in [3.63, 3.8) is 0 Å². The first-order valence-corrected chi connectivity index (χ1v) is 6.55. The quantitative estimate of drug-likeness (QED) is 0.747. The molecule has 0 aromatic heterocycles. The van der Waals surface area contributed by atoms with E-state index in [1.54, 1.807) is 0 Å². The van der Waals surface area contributed by atoms with E-state index in [9.17, 15) is 4.79 Å². The van der Waals surface area contributed by atoms with E-state index >= 15 is 0 Å². The van der Waals surface area contributed by atoms with Crippen LogP contribution in [-0.4, -0.2) is 6.03 Å². The van der Waals surface area contributed by atoms with Crippen molar-refractivity contribution in [1.82, 2.24) is 5.32 Å². The zero-order valence-corrected chi connectivity index (χ0v) is 11.7. The monoisotopic (exact) mass is 269 g/mol. The first-order chi connectivity index (χ1) is 9.56. The van der Waals surface area contributed by atoms with Crippen molar-refractivity contribution in [3.8, 4) is 0 Å². The summed E-state index contributed by atoms with van der Waals surface area (Å²) in [5, 5.41) is 5.69. The lowest BCUT2D eigenvalue weighted by atomic mass is 10.1. The number of aryl methyl sites for hydroxylation is 1. The van der Waals surface area contributed by atoms with Crippen LogP contribution in [0.25, 0.3) is 0 Å². The second kappa shape index (κ2) is 6.10. The number of benzene rings is 2. The zero-order chi connectivity index (χ0) is 14.5. The van der Waals surface area contributed by atoms with Gasteiger partial charge in [-0.2, -0.15) is 0 Å². The molecule has 0 heterocycles. The molecule has 0 saturated heterocycles. The first kappa shape index (κ1) is 13.9. The van der Waals surface area contributed by atoms with Crippen molar-refractivity contribution in [2.24, 2.45) is 0 Å². The third-order valence-corrected chi connectivity index (χ3v) is 3.09. The van der Waals surface area contributed by atoms with E-state index < -0.39 is 0 Å². The molecule has 2 amide bonds. The van der Waals surface area contributed by atoms with Gasteiger partial charge in [-0.05, 0) is 43.2 Å². The molecule has 0 spiro atoms. The van der Waals surface area contributed by atoms with Crippen LogP contribution < -0.4 is 16.4 Å². The van der Waals surface area contributed by atoms with Crippen LogP contribution in [0.3, 0.4) is 0 Å². The van der Waals surface area contributed by atoms with Gasteiger partial charge in [-0.3, -0.25) is 0 Å². The highest BCUT2D eigenvalue weighted by Crippen LogP contribution is 2.19. The van der Waals surface area contributed by atoms with Crippen LogP contribution in [0.2, 0.25) is 0 Å². The van der Waals surface area contributed by atoms with Gasteiger partial charge < -0.3 is 16.4 Å². The fourth-order valence-corrected chi connectivity index (χ4v) is 2.07. The number of carbonyl (C=O) groups is 1. The van der Waals surface area contributed by atoms with Gasteiger partial charge in [0.1, 0.15) is 0 Å². The Labute approximate surface area is 119 Å². The lowest BCUT2D eigenvalue weighted by Gasteiger charge is -2.16. The predicted molar refractivity (Wildman–Crippen MR) is 82.6 cm³/mol. The largest absolute Gasteiger partial charge is 0.398 e. The Kier molecular flexibility index (Phi) is 4.25. The molecular weight excluding hydrogens is 250 g/mol. The molecule has 0 bridgehead atoms. The minimum Gasteiger partial charge on any atom is -0.398 e. The maximum absolute atomic E-state index is 12.0. The molecule has 4 heteroatoms. The number of nitrogen functional groups attached to an aromatic ring is 1. The summed E-state index contributed by atoms with van der Waals surface area (Å²) >= 11 is 0. The van der Waals surface area contributed by atoms with Crippen molar-refractivity contribution < 1.29 is 4.79 Å². The average molecular weight is 269 g/mol. The van der Waals surface area contributed by atoms with Gasteiger partial charge in [-0.15, -0.1) is 0 Å². The van der Waals surface area contributed by atoms with Crippen molar-refractivity contribution in [2.75, 3.05) is 11.1 Å². The molecule has 2 aromatic rings. The van der Waals surface area contributed by atoms with Crippen molar-refractivity contribution >= 4 is 17.4 Å². The summed E-state index contributed by atoms with van der Waals surface area (Å²) in [4.78, 5) is 12.0. The number of carbonyl (C=O) groups excluding carboxylic acids is 1. The zero-order valence-electron chi connectivity index (χ0n) is 11.7. The molecule has 0 aliphatic heterocycles. The van der Waals surface area contributed by atoms with E-state index in [0.717, 1.165) is 16.8 Å². The number of para-hydroxylation sites is 1. The standard InChI is InChI=1S/C16H19N3O/c1-11-6-5-7-13(10-11)19-16(20)18-12(2)14-8-3-4-9-15(14)17/h3-10,12H,17H2,1-2H3,(H2,18,19,20). The molecule has 20 heavy (non-hydrogen) atoms. The molecule has 104 valence electrons.